The summed E-state index contributed by atoms with van der Waals surface area (Å²) in [5.41, 5.74) is 0. The number of allylic oxidation sites excluding steroid dienone is 1. The Balaban J connectivity index is 2.83. The number of nitrogens with one attached hydrogen (secondary N) is 1. The topological polar surface area (TPSA) is 21.3 Å². The highest BCUT2D eigenvalue weighted by Gasteiger charge is 1.88. The zero-order valence-corrected chi connectivity index (χ0v) is 9.01. The van der Waals surface area contributed by atoms with Crippen LogP contribution >= 0.6 is 0 Å². The average molecular weight is 185 g/mol. The van der Waals surface area contributed by atoms with E-state index in [-0.39, 0.29) is 0 Å². The molecule has 2 heteroatoms. The predicted octanol–water partition coefficient (Wildman–Crippen LogP) is 2.36. The lowest BCUT2D eigenvalue weighted by Gasteiger charge is -2.02. The Morgan fingerprint density at radius 3 is 2.77 bits per heavy atom. The molecule has 0 aliphatic heterocycles. The van der Waals surface area contributed by atoms with Gasteiger partial charge in [-0.2, -0.15) is 0 Å². The van der Waals surface area contributed by atoms with E-state index in [9.17, 15) is 0 Å². The second kappa shape index (κ2) is 11.7. The maximum absolute atomic E-state index is 5.37. The molecule has 13 heavy (non-hydrogen) atoms. The van der Waals surface area contributed by atoms with Crippen LogP contribution in [0.15, 0.2) is 12.2 Å². The standard InChI is InChI=1S/C11H23NO/c1-3-5-10-13-11-7-6-9-12-8-4-2/h3,5,12H,4,6-11H2,1-2H3. The number of hydrogen-bond donors (Lipinski definition) is 1. The molecule has 0 saturated carbocycles. The highest BCUT2D eigenvalue weighted by Crippen LogP contribution is 1.89. The molecule has 1 N–H and O–H groups in total. The second-order valence-corrected chi connectivity index (χ2v) is 3.10. The van der Waals surface area contributed by atoms with Crippen LogP contribution in [0.25, 0.3) is 0 Å². The normalized spacial score (nSPS) is 11.2. The molecule has 0 aliphatic rings. The van der Waals surface area contributed by atoms with Gasteiger partial charge in [0.05, 0.1) is 6.61 Å². The van der Waals surface area contributed by atoms with Crippen molar-refractivity contribution in [2.75, 3.05) is 26.3 Å². The molecule has 0 aromatic carbocycles. The van der Waals surface area contributed by atoms with Crippen molar-refractivity contribution in [3.63, 3.8) is 0 Å². The van der Waals surface area contributed by atoms with Gasteiger partial charge in [-0.05, 0) is 39.3 Å². The molecule has 0 aromatic heterocycles. The molecule has 0 amide bonds. The zero-order valence-electron chi connectivity index (χ0n) is 9.01. The number of ether oxygens (including phenoxy) is 1. The molecule has 0 radical (unpaired) electrons. The van der Waals surface area contributed by atoms with Crippen LogP contribution < -0.4 is 5.32 Å². The summed E-state index contributed by atoms with van der Waals surface area (Å²) in [7, 11) is 0. The van der Waals surface area contributed by atoms with Gasteiger partial charge in [0, 0.05) is 6.61 Å². The van der Waals surface area contributed by atoms with Gasteiger partial charge >= 0.3 is 0 Å². The molecule has 0 fully saturated rings. The van der Waals surface area contributed by atoms with E-state index in [1.54, 1.807) is 0 Å². The Hall–Kier alpha value is -0.340. The quantitative estimate of drug-likeness (QED) is 0.440. The molecule has 0 spiro atoms. The van der Waals surface area contributed by atoms with Crippen molar-refractivity contribution in [3.05, 3.63) is 12.2 Å². The first-order valence-corrected chi connectivity index (χ1v) is 5.31. The average Bonchev–Trinajstić information content (AvgIpc) is 2.16. The fraction of sp³-hybridized carbons (Fsp3) is 0.818. The van der Waals surface area contributed by atoms with Gasteiger partial charge in [-0.1, -0.05) is 19.1 Å². The largest absolute Gasteiger partial charge is 0.377 e. The lowest BCUT2D eigenvalue weighted by molar-refractivity contribution is 0.157. The Labute approximate surface area is 82.4 Å². The monoisotopic (exact) mass is 185 g/mol. The molecule has 0 heterocycles. The first-order valence-electron chi connectivity index (χ1n) is 5.31. The van der Waals surface area contributed by atoms with Crippen molar-refractivity contribution in [1.29, 1.82) is 0 Å². The summed E-state index contributed by atoms with van der Waals surface area (Å²) in [6, 6.07) is 0. The highest BCUT2D eigenvalue weighted by molar-refractivity contribution is 4.75. The fourth-order valence-corrected chi connectivity index (χ4v) is 1.00. The molecule has 0 bridgehead atoms. The maximum Gasteiger partial charge on any atom is 0.0647 e. The van der Waals surface area contributed by atoms with E-state index in [1.807, 2.05) is 19.1 Å². The van der Waals surface area contributed by atoms with Gasteiger partial charge in [0.2, 0.25) is 0 Å². The van der Waals surface area contributed by atoms with Crippen LogP contribution in [-0.2, 0) is 4.74 Å². The van der Waals surface area contributed by atoms with Crippen molar-refractivity contribution in [3.8, 4) is 0 Å². The third-order valence-electron chi connectivity index (χ3n) is 1.77. The van der Waals surface area contributed by atoms with Crippen molar-refractivity contribution < 1.29 is 4.74 Å². The highest BCUT2D eigenvalue weighted by atomic mass is 16.5. The van der Waals surface area contributed by atoms with Crippen molar-refractivity contribution in [1.82, 2.24) is 5.32 Å². The van der Waals surface area contributed by atoms with Crippen LogP contribution in [0, 0.1) is 0 Å². The molecular weight excluding hydrogens is 162 g/mol. The van der Waals surface area contributed by atoms with Crippen molar-refractivity contribution in [2.24, 2.45) is 0 Å². The van der Waals surface area contributed by atoms with E-state index in [2.05, 4.69) is 12.2 Å². The van der Waals surface area contributed by atoms with Gasteiger partial charge < -0.3 is 10.1 Å². The van der Waals surface area contributed by atoms with Crippen LogP contribution in [0.4, 0.5) is 0 Å². The minimum absolute atomic E-state index is 0.763. The van der Waals surface area contributed by atoms with Crippen LogP contribution in [0.2, 0.25) is 0 Å². The van der Waals surface area contributed by atoms with Gasteiger partial charge in [0.25, 0.3) is 0 Å². The first-order chi connectivity index (χ1) is 6.41. The summed E-state index contributed by atoms with van der Waals surface area (Å²) in [4.78, 5) is 0. The fourth-order valence-electron chi connectivity index (χ4n) is 1.00. The Morgan fingerprint density at radius 2 is 2.08 bits per heavy atom. The van der Waals surface area contributed by atoms with Gasteiger partial charge in [0.1, 0.15) is 0 Å². The Bertz CT molecular complexity index is 113. The summed E-state index contributed by atoms with van der Waals surface area (Å²) in [6.45, 7) is 8.11. The van der Waals surface area contributed by atoms with Crippen LogP contribution in [0.3, 0.4) is 0 Å². The van der Waals surface area contributed by atoms with Gasteiger partial charge in [-0.25, -0.2) is 0 Å². The summed E-state index contributed by atoms with van der Waals surface area (Å²) >= 11 is 0. The van der Waals surface area contributed by atoms with Gasteiger partial charge in [-0.3, -0.25) is 0 Å². The van der Waals surface area contributed by atoms with E-state index in [0.29, 0.717) is 0 Å². The van der Waals surface area contributed by atoms with E-state index in [1.165, 1.54) is 12.8 Å². The second-order valence-electron chi connectivity index (χ2n) is 3.10. The summed E-state index contributed by atoms with van der Waals surface area (Å²) in [6.07, 6.45) is 7.65. The van der Waals surface area contributed by atoms with E-state index in [4.69, 9.17) is 4.74 Å². The number of unbranched alkanes of at least 4 members (excludes halogenated alkanes) is 1. The summed E-state index contributed by atoms with van der Waals surface area (Å²) in [5.74, 6) is 0. The third kappa shape index (κ3) is 11.7. The predicted molar refractivity (Wildman–Crippen MR) is 58.0 cm³/mol. The van der Waals surface area contributed by atoms with E-state index >= 15 is 0 Å². The molecule has 0 unspecified atom stereocenters. The van der Waals surface area contributed by atoms with Gasteiger partial charge in [-0.15, -0.1) is 0 Å². The molecular formula is C11H23NO. The van der Waals surface area contributed by atoms with Crippen LogP contribution in [0.1, 0.15) is 33.1 Å². The number of rotatable bonds is 9. The maximum atomic E-state index is 5.37. The van der Waals surface area contributed by atoms with Crippen molar-refractivity contribution in [2.45, 2.75) is 33.1 Å². The lowest BCUT2D eigenvalue weighted by atomic mass is 10.3. The molecule has 0 aliphatic carbocycles. The smallest absolute Gasteiger partial charge is 0.0647 e. The lowest BCUT2D eigenvalue weighted by Crippen LogP contribution is -2.16. The third-order valence-corrected chi connectivity index (χ3v) is 1.77. The Morgan fingerprint density at radius 1 is 1.23 bits per heavy atom. The molecule has 0 rings (SSSR count). The van der Waals surface area contributed by atoms with Crippen LogP contribution in [0.5, 0.6) is 0 Å². The molecule has 0 saturated heterocycles. The van der Waals surface area contributed by atoms with Gasteiger partial charge in [0.15, 0.2) is 0 Å². The Kier molecular flexibility index (Phi) is 11.4. The van der Waals surface area contributed by atoms with E-state index < -0.39 is 0 Å². The van der Waals surface area contributed by atoms with E-state index in [0.717, 1.165) is 32.7 Å². The number of hydrogen-bond acceptors (Lipinski definition) is 2. The minimum atomic E-state index is 0.763. The molecule has 0 aromatic rings. The summed E-state index contributed by atoms with van der Waals surface area (Å²) in [5, 5.41) is 3.37. The first kappa shape index (κ1) is 12.7. The minimum Gasteiger partial charge on any atom is -0.377 e. The molecule has 78 valence electrons. The molecule has 2 nitrogen and oxygen atoms in total. The van der Waals surface area contributed by atoms with Crippen LogP contribution in [-0.4, -0.2) is 26.3 Å². The zero-order chi connectivity index (χ0) is 9.78. The molecule has 0 atom stereocenters. The summed E-state index contributed by atoms with van der Waals surface area (Å²) < 4.78 is 5.37. The SMILES string of the molecule is CC=CCOCCCCNCCC. The van der Waals surface area contributed by atoms with Crippen molar-refractivity contribution >= 4 is 0 Å².